The molecule has 10 nitrogen and oxygen atoms in total. The number of nitrogens with zero attached hydrogens (tertiary/aromatic N) is 2. The minimum Gasteiger partial charge on any atom is -0.444 e. The molecule has 2 heterocycles. The number of benzene rings is 2. The second-order valence-corrected chi connectivity index (χ2v) is 13.4. The summed E-state index contributed by atoms with van der Waals surface area (Å²) < 4.78 is 33.7. The summed E-state index contributed by atoms with van der Waals surface area (Å²) in [6.07, 6.45) is -1.06. The Kier molecular flexibility index (Phi) is 8.73. The average molecular weight is 610 g/mol. The normalized spacial score (nSPS) is 20.8. The van der Waals surface area contributed by atoms with Gasteiger partial charge in [-0.3, -0.25) is 14.4 Å². The fraction of sp³-hybridized carbons (Fsp3) is 0.469. The summed E-state index contributed by atoms with van der Waals surface area (Å²) in [6.45, 7) is 9.98. The number of nitrogens with one attached hydrogen (secondary N) is 3. The van der Waals surface area contributed by atoms with E-state index in [1.54, 1.807) is 47.6 Å². The van der Waals surface area contributed by atoms with Crippen molar-refractivity contribution < 1.29 is 32.7 Å². The largest absolute Gasteiger partial charge is 0.444 e. The van der Waals surface area contributed by atoms with E-state index in [2.05, 4.69) is 22.0 Å². The van der Waals surface area contributed by atoms with Gasteiger partial charge in [-0.15, -0.1) is 0 Å². The van der Waals surface area contributed by atoms with Gasteiger partial charge >= 0.3 is 6.09 Å². The molecule has 0 aromatic heterocycles. The molecule has 12 heteroatoms. The van der Waals surface area contributed by atoms with Crippen LogP contribution in [-0.2, 0) is 31.0 Å². The molecule has 1 spiro atoms. The zero-order valence-electron chi connectivity index (χ0n) is 25.6. The first-order valence-corrected chi connectivity index (χ1v) is 14.3. The van der Waals surface area contributed by atoms with Gasteiger partial charge < -0.3 is 25.6 Å². The molecule has 0 radical (unpaired) electrons. The van der Waals surface area contributed by atoms with Gasteiger partial charge in [-0.25, -0.2) is 13.6 Å². The van der Waals surface area contributed by atoms with Crippen molar-refractivity contribution in [3.63, 3.8) is 0 Å². The minimum absolute atomic E-state index is 0.0804. The Balaban J connectivity index is 1.67. The Morgan fingerprint density at radius 3 is 2.39 bits per heavy atom. The summed E-state index contributed by atoms with van der Waals surface area (Å²) in [7, 11) is 0. The van der Waals surface area contributed by atoms with Gasteiger partial charge in [0, 0.05) is 25.1 Å². The molecule has 0 unspecified atom stereocenters. The molecule has 4 atom stereocenters. The number of ether oxygens (including phenoxy) is 1. The van der Waals surface area contributed by atoms with E-state index in [0.717, 1.165) is 0 Å². The molecule has 3 N–H and O–H groups in total. The lowest BCUT2D eigenvalue weighted by atomic mass is 9.79. The van der Waals surface area contributed by atoms with Crippen LogP contribution in [0.15, 0.2) is 42.5 Å². The van der Waals surface area contributed by atoms with Crippen LogP contribution in [0.5, 0.6) is 0 Å². The molecule has 4 amide bonds. The maximum atomic E-state index is 14.3. The molecule has 4 rings (SSSR count). The number of carbonyl (C=O) groups excluding carboxylic acids is 4. The molecule has 2 aliphatic heterocycles. The number of carbonyl (C=O) groups is 4. The van der Waals surface area contributed by atoms with Crippen LogP contribution in [0.1, 0.15) is 59.1 Å². The molecule has 2 aromatic carbocycles. The van der Waals surface area contributed by atoms with Gasteiger partial charge in [0.25, 0.3) is 0 Å². The molecule has 234 valence electrons. The Morgan fingerprint density at radius 1 is 1.09 bits per heavy atom. The standard InChI is InChI=1S/C32H37F2N5O5/c1-30(2,3)25(38-29(43)44-31(4,5)6)26(40)36-24(13-18-8-7-9-19(33)12-18)27(41)39-17-32(15-21(39)16-35)22-14-20(34)10-11-23(22)37-28(32)42/h7-12,14,21,24-25H,13,15,17H2,1-6H3,(H,36,40)(H,37,42)(H,38,43)/t21-,24-,25+,32-/m0/s1. The first kappa shape index (κ1) is 32.4. The first-order valence-electron chi connectivity index (χ1n) is 14.3. The highest BCUT2D eigenvalue weighted by Gasteiger charge is 2.56. The monoisotopic (exact) mass is 609 g/mol. The molecule has 1 fully saturated rings. The molecule has 2 aliphatic rings. The highest BCUT2D eigenvalue weighted by atomic mass is 19.1. The lowest BCUT2D eigenvalue weighted by molar-refractivity contribution is -0.138. The van der Waals surface area contributed by atoms with Crippen molar-refractivity contribution in [3.05, 3.63) is 65.2 Å². The van der Waals surface area contributed by atoms with E-state index in [1.807, 2.05) is 0 Å². The summed E-state index contributed by atoms with van der Waals surface area (Å²) in [5.74, 6) is -2.97. The summed E-state index contributed by atoms with van der Waals surface area (Å²) in [4.78, 5) is 55.0. The Bertz CT molecular complexity index is 1530. The van der Waals surface area contributed by atoms with E-state index in [-0.39, 0.29) is 19.4 Å². The van der Waals surface area contributed by atoms with Crippen LogP contribution in [0.2, 0.25) is 0 Å². The maximum absolute atomic E-state index is 14.3. The number of hydrogen-bond donors (Lipinski definition) is 3. The van der Waals surface area contributed by atoms with Crippen molar-refractivity contribution in [3.8, 4) is 6.07 Å². The lowest BCUT2D eigenvalue weighted by Gasteiger charge is -2.33. The van der Waals surface area contributed by atoms with Crippen LogP contribution in [0.4, 0.5) is 19.3 Å². The van der Waals surface area contributed by atoms with Gasteiger partial charge in [0.15, 0.2) is 0 Å². The van der Waals surface area contributed by atoms with E-state index in [4.69, 9.17) is 4.74 Å². The zero-order valence-corrected chi connectivity index (χ0v) is 25.6. The number of hydrogen-bond acceptors (Lipinski definition) is 6. The van der Waals surface area contributed by atoms with Crippen LogP contribution >= 0.6 is 0 Å². The Labute approximate surface area is 255 Å². The number of anilines is 1. The van der Waals surface area contributed by atoms with Crippen molar-refractivity contribution in [1.29, 1.82) is 5.26 Å². The number of rotatable bonds is 6. The highest BCUT2D eigenvalue weighted by molar-refractivity contribution is 6.07. The average Bonchev–Trinajstić information content (AvgIpc) is 3.42. The number of amides is 4. The summed E-state index contributed by atoms with van der Waals surface area (Å²) in [5, 5.41) is 18.1. The van der Waals surface area contributed by atoms with Crippen molar-refractivity contribution in [2.75, 3.05) is 11.9 Å². The smallest absolute Gasteiger partial charge is 0.408 e. The lowest BCUT2D eigenvalue weighted by Crippen LogP contribution is -2.59. The molecule has 0 saturated carbocycles. The van der Waals surface area contributed by atoms with Gasteiger partial charge in [-0.1, -0.05) is 32.9 Å². The van der Waals surface area contributed by atoms with Gasteiger partial charge in [0.05, 0.1) is 11.5 Å². The molecular weight excluding hydrogens is 572 g/mol. The van der Waals surface area contributed by atoms with E-state index in [9.17, 15) is 33.2 Å². The second kappa shape index (κ2) is 11.9. The number of halogens is 2. The topological polar surface area (TPSA) is 141 Å². The van der Waals surface area contributed by atoms with Crippen LogP contribution in [0, 0.1) is 28.4 Å². The third-order valence-corrected chi connectivity index (χ3v) is 7.70. The van der Waals surface area contributed by atoms with Crippen molar-refractivity contribution in [2.45, 2.75) is 83.5 Å². The van der Waals surface area contributed by atoms with Crippen molar-refractivity contribution in [1.82, 2.24) is 15.5 Å². The van der Waals surface area contributed by atoms with Crippen LogP contribution in [-0.4, -0.2) is 59.0 Å². The number of alkyl carbamates (subject to hydrolysis) is 1. The third-order valence-electron chi connectivity index (χ3n) is 7.70. The van der Waals surface area contributed by atoms with Crippen molar-refractivity contribution in [2.24, 2.45) is 5.41 Å². The Morgan fingerprint density at radius 2 is 1.77 bits per heavy atom. The zero-order chi connectivity index (χ0) is 32.6. The third kappa shape index (κ3) is 6.82. The molecule has 1 saturated heterocycles. The first-order chi connectivity index (χ1) is 20.4. The van der Waals surface area contributed by atoms with Gasteiger partial charge in [0.2, 0.25) is 17.7 Å². The van der Waals surface area contributed by atoms with Crippen LogP contribution in [0.25, 0.3) is 0 Å². The fourth-order valence-corrected chi connectivity index (χ4v) is 5.65. The quantitative estimate of drug-likeness (QED) is 0.453. The molecule has 0 bridgehead atoms. The van der Waals surface area contributed by atoms with Crippen LogP contribution < -0.4 is 16.0 Å². The van der Waals surface area contributed by atoms with Crippen LogP contribution in [0.3, 0.4) is 0 Å². The molecule has 44 heavy (non-hydrogen) atoms. The van der Waals surface area contributed by atoms with E-state index in [1.165, 1.54) is 41.3 Å². The summed E-state index contributed by atoms with van der Waals surface area (Å²) in [5.41, 5.74) is -1.88. The van der Waals surface area contributed by atoms with E-state index in [0.29, 0.717) is 16.8 Å². The highest BCUT2D eigenvalue weighted by Crippen LogP contribution is 2.46. The number of likely N-dealkylation sites (tertiary alicyclic amines) is 1. The Hall–Kier alpha value is -4.53. The number of nitriles is 1. The molecule has 2 aromatic rings. The second-order valence-electron chi connectivity index (χ2n) is 13.4. The SMILES string of the molecule is CC(C)(C)OC(=O)N[C@H](C(=O)N[C@@H](Cc1cccc(F)c1)C(=O)N1C[C@]2(C[C@H]1C#N)C(=O)Nc1ccc(F)cc12)C(C)(C)C. The summed E-state index contributed by atoms with van der Waals surface area (Å²) in [6, 6.07) is 7.92. The van der Waals surface area contributed by atoms with Gasteiger partial charge in [0.1, 0.15) is 35.4 Å². The predicted molar refractivity (Wildman–Crippen MR) is 157 cm³/mol. The molecule has 0 aliphatic carbocycles. The minimum atomic E-state index is -1.37. The van der Waals surface area contributed by atoms with E-state index < -0.39 is 70.0 Å². The summed E-state index contributed by atoms with van der Waals surface area (Å²) >= 11 is 0. The van der Waals surface area contributed by atoms with E-state index >= 15 is 0 Å². The van der Waals surface area contributed by atoms with Gasteiger partial charge in [-0.2, -0.15) is 5.26 Å². The molecular formula is C32H37F2N5O5. The predicted octanol–water partition coefficient (Wildman–Crippen LogP) is 3.95. The van der Waals surface area contributed by atoms with Crippen molar-refractivity contribution >= 4 is 29.5 Å². The van der Waals surface area contributed by atoms with Gasteiger partial charge in [-0.05, 0) is 67.6 Å². The maximum Gasteiger partial charge on any atom is 0.408 e. The fourth-order valence-electron chi connectivity index (χ4n) is 5.65. The number of fused-ring (bicyclic) bond motifs is 2.